The van der Waals surface area contributed by atoms with Crippen LogP contribution in [0.15, 0.2) is 60.7 Å². The molecule has 1 aliphatic rings. The largest absolute Gasteiger partial charge is 0.441 e. The molecule has 2 aromatic carbocycles. The molecule has 118 valence electrons. The number of hydrogen-bond donors (Lipinski definition) is 1. The average Bonchev–Trinajstić information content (AvgIpc) is 2.63. The molecule has 2 aromatic rings. The highest BCUT2D eigenvalue weighted by Crippen LogP contribution is 2.35. The Kier molecular flexibility index (Phi) is 4.63. The van der Waals surface area contributed by atoms with Crippen LogP contribution in [0.25, 0.3) is 0 Å². The van der Waals surface area contributed by atoms with E-state index < -0.39 is 11.3 Å². The van der Waals surface area contributed by atoms with E-state index in [9.17, 15) is 9.70 Å². The topological polar surface area (TPSA) is 51.4 Å². The van der Waals surface area contributed by atoms with Gasteiger partial charge < -0.3 is 0 Å². The fourth-order valence-electron chi connectivity index (χ4n) is 3.44. The second kappa shape index (κ2) is 6.84. The summed E-state index contributed by atoms with van der Waals surface area (Å²) < 4.78 is 0. The summed E-state index contributed by atoms with van der Waals surface area (Å²) in [5.74, 6) is -0.414. The Morgan fingerprint density at radius 1 is 0.957 bits per heavy atom. The van der Waals surface area contributed by atoms with Gasteiger partial charge in [-0.15, -0.1) is 0 Å². The van der Waals surface area contributed by atoms with Crippen molar-refractivity contribution in [1.82, 2.24) is 4.90 Å². The Bertz CT molecular complexity index is 662. The molecule has 0 aromatic heterocycles. The predicted octanol–water partition coefficient (Wildman–Crippen LogP) is 1.59. The SMILES string of the molecule is O=[NH+]C(=O)C1(c2ccccc2)CCN(Cc2ccccc2)CC1. The summed E-state index contributed by atoms with van der Waals surface area (Å²) in [6.07, 6.45) is 1.33. The fourth-order valence-corrected chi connectivity index (χ4v) is 3.44. The highest BCUT2D eigenvalue weighted by Gasteiger charge is 2.47. The minimum Gasteiger partial charge on any atom is -0.299 e. The Hall–Kier alpha value is -2.33. The molecule has 1 heterocycles. The second-order valence-corrected chi connectivity index (χ2v) is 6.14. The van der Waals surface area contributed by atoms with E-state index in [2.05, 4.69) is 17.0 Å². The third-order valence-corrected chi connectivity index (χ3v) is 4.81. The molecule has 1 saturated heterocycles. The molecule has 0 spiro atoms. The molecule has 3 rings (SSSR count). The molecule has 0 unspecified atom stereocenters. The lowest BCUT2D eigenvalue weighted by Gasteiger charge is -2.37. The van der Waals surface area contributed by atoms with Gasteiger partial charge in [0.1, 0.15) is 5.41 Å². The number of benzene rings is 2. The monoisotopic (exact) mass is 309 g/mol. The van der Waals surface area contributed by atoms with Crippen LogP contribution < -0.4 is 5.18 Å². The smallest absolute Gasteiger partial charge is 0.299 e. The maximum Gasteiger partial charge on any atom is 0.441 e. The average molecular weight is 309 g/mol. The Labute approximate surface area is 136 Å². The van der Waals surface area contributed by atoms with Crippen LogP contribution in [-0.4, -0.2) is 23.9 Å². The van der Waals surface area contributed by atoms with Gasteiger partial charge in [-0.2, -0.15) is 0 Å². The quantitative estimate of drug-likeness (QED) is 0.933. The number of carbonyl (C=O) groups is 1. The van der Waals surface area contributed by atoms with Crippen molar-refractivity contribution >= 4 is 5.91 Å². The van der Waals surface area contributed by atoms with Gasteiger partial charge in [-0.1, -0.05) is 60.7 Å². The van der Waals surface area contributed by atoms with Gasteiger partial charge in [0.2, 0.25) is 0 Å². The third kappa shape index (κ3) is 3.22. The molecule has 1 amide bonds. The van der Waals surface area contributed by atoms with Crippen molar-refractivity contribution in [3.05, 3.63) is 76.7 Å². The normalized spacial score (nSPS) is 17.6. The van der Waals surface area contributed by atoms with Crippen molar-refractivity contribution in [3.8, 4) is 0 Å². The van der Waals surface area contributed by atoms with Crippen LogP contribution in [0.3, 0.4) is 0 Å². The summed E-state index contributed by atoms with van der Waals surface area (Å²) in [6, 6.07) is 20.0. The van der Waals surface area contributed by atoms with Crippen LogP contribution in [0.5, 0.6) is 0 Å². The highest BCUT2D eigenvalue weighted by atomic mass is 16.3. The molecule has 1 N–H and O–H groups in total. The molecule has 0 saturated carbocycles. The van der Waals surface area contributed by atoms with Crippen LogP contribution in [0.2, 0.25) is 0 Å². The molecule has 23 heavy (non-hydrogen) atoms. The molecule has 4 nitrogen and oxygen atoms in total. The first-order valence-electron chi connectivity index (χ1n) is 7.99. The number of piperidine rings is 1. The van der Waals surface area contributed by atoms with Gasteiger partial charge in [0.05, 0.1) is 5.18 Å². The predicted molar refractivity (Wildman–Crippen MR) is 88.4 cm³/mol. The molecule has 0 radical (unpaired) electrons. The lowest BCUT2D eigenvalue weighted by atomic mass is 9.72. The molecular weight excluding hydrogens is 288 g/mol. The zero-order chi connectivity index (χ0) is 16.1. The van der Waals surface area contributed by atoms with Gasteiger partial charge >= 0.3 is 5.91 Å². The zero-order valence-electron chi connectivity index (χ0n) is 13.1. The number of likely N-dealkylation sites (tertiary alicyclic amines) is 1. The summed E-state index contributed by atoms with van der Waals surface area (Å²) in [7, 11) is 0. The van der Waals surface area contributed by atoms with Gasteiger partial charge in [-0.25, -0.2) is 4.79 Å². The third-order valence-electron chi connectivity index (χ3n) is 4.81. The van der Waals surface area contributed by atoms with E-state index >= 15 is 0 Å². The Morgan fingerprint density at radius 3 is 2.09 bits per heavy atom. The van der Waals surface area contributed by atoms with Gasteiger partial charge in [0, 0.05) is 24.5 Å². The summed E-state index contributed by atoms with van der Waals surface area (Å²) in [5, 5.41) is 1.63. The van der Waals surface area contributed by atoms with Gasteiger partial charge in [0.15, 0.2) is 0 Å². The summed E-state index contributed by atoms with van der Waals surface area (Å²) >= 11 is 0. The zero-order valence-corrected chi connectivity index (χ0v) is 13.1. The van der Waals surface area contributed by atoms with E-state index in [0.717, 1.165) is 25.2 Å². The first kappa shape index (κ1) is 15.6. The van der Waals surface area contributed by atoms with Gasteiger partial charge in [0.25, 0.3) is 0 Å². The minimum absolute atomic E-state index is 0.414. The van der Waals surface area contributed by atoms with E-state index in [1.807, 2.05) is 48.5 Å². The van der Waals surface area contributed by atoms with Gasteiger partial charge in [-0.05, 0) is 24.0 Å². The van der Waals surface area contributed by atoms with E-state index in [1.165, 1.54) is 5.56 Å². The summed E-state index contributed by atoms with van der Waals surface area (Å²) in [6.45, 7) is 2.49. The lowest BCUT2D eigenvalue weighted by molar-refractivity contribution is -0.406. The maximum absolute atomic E-state index is 12.3. The van der Waals surface area contributed by atoms with Crippen molar-refractivity contribution in [2.75, 3.05) is 13.1 Å². The first-order valence-corrected chi connectivity index (χ1v) is 7.99. The van der Waals surface area contributed by atoms with Crippen LogP contribution in [0.4, 0.5) is 0 Å². The second-order valence-electron chi connectivity index (χ2n) is 6.14. The summed E-state index contributed by atoms with van der Waals surface area (Å²) in [5.41, 5.74) is 1.51. The number of hydrogen-bond acceptors (Lipinski definition) is 3. The van der Waals surface area contributed by atoms with Crippen LogP contribution in [-0.2, 0) is 16.8 Å². The van der Waals surface area contributed by atoms with Crippen LogP contribution >= 0.6 is 0 Å². The summed E-state index contributed by atoms with van der Waals surface area (Å²) in [4.78, 5) is 25.7. The lowest BCUT2D eigenvalue weighted by Crippen LogP contribution is -2.77. The van der Waals surface area contributed by atoms with E-state index in [1.54, 1.807) is 5.18 Å². The number of nitrogens with zero attached hydrogens (tertiary/aromatic N) is 1. The highest BCUT2D eigenvalue weighted by molar-refractivity contribution is 5.80. The molecule has 1 fully saturated rings. The molecule has 0 bridgehead atoms. The fraction of sp³-hybridized carbons (Fsp3) is 0.316. The van der Waals surface area contributed by atoms with Crippen molar-refractivity contribution in [3.63, 3.8) is 0 Å². The van der Waals surface area contributed by atoms with Crippen LogP contribution in [0, 0.1) is 4.91 Å². The van der Waals surface area contributed by atoms with E-state index in [0.29, 0.717) is 12.8 Å². The van der Waals surface area contributed by atoms with Crippen molar-refractivity contribution in [1.29, 1.82) is 0 Å². The number of rotatable bonds is 4. The van der Waals surface area contributed by atoms with Gasteiger partial charge in [-0.3, -0.25) is 4.90 Å². The minimum atomic E-state index is -0.698. The van der Waals surface area contributed by atoms with E-state index in [-0.39, 0.29) is 0 Å². The number of carbonyl (C=O) groups excluding carboxylic acids is 1. The van der Waals surface area contributed by atoms with Crippen LogP contribution in [0.1, 0.15) is 24.0 Å². The molecule has 1 aliphatic heterocycles. The number of nitroso groups, excluding NO2 is 1. The molecule has 0 atom stereocenters. The standard InChI is InChI=1S/C19H20N2O2/c22-18(20-23)19(17-9-5-2-6-10-17)11-13-21(14-12-19)15-16-7-3-1-4-8-16/h1-10H,11-15H2/p+1. The Balaban J connectivity index is 1.76. The van der Waals surface area contributed by atoms with Crippen molar-refractivity contribution in [2.24, 2.45) is 0 Å². The van der Waals surface area contributed by atoms with Crippen molar-refractivity contribution < 1.29 is 9.97 Å². The molecular formula is C19H21N2O2+. The van der Waals surface area contributed by atoms with Crippen molar-refractivity contribution in [2.45, 2.75) is 24.8 Å². The van der Waals surface area contributed by atoms with E-state index in [4.69, 9.17) is 0 Å². The number of nitrogens with one attached hydrogen (secondary N) is 1. The molecule has 4 heteroatoms. The number of amides is 1. The molecule has 0 aliphatic carbocycles. The first-order chi connectivity index (χ1) is 11.2. The maximum atomic E-state index is 12.3. The Morgan fingerprint density at radius 2 is 1.52 bits per heavy atom.